The Balaban J connectivity index is 1.88. The summed E-state index contributed by atoms with van der Waals surface area (Å²) >= 11 is 0. The van der Waals surface area contributed by atoms with Gasteiger partial charge in [0.1, 0.15) is 12.4 Å². The van der Waals surface area contributed by atoms with E-state index in [-0.39, 0.29) is 19.1 Å². The van der Waals surface area contributed by atoms with Crippen LogP contribution < -0.4 is 16.4 Å². The molecule has 2 aromatic rings. The molecule has 0 bridgehead atoms. The van der Waals surface area contributed by atoms with Gasteiger partial charge >= 0.3 is 5.76 Å². The van der Waals surface area contributed by atoms with Gasteiger partial charge in [-0.25, -0.2) is 9.36 Å². The van der Waals surface area contributed by atoms with Crippen LogP contribution in [-0.2, 0) is 16.1 Å². The molecule has 1 saturated heterocycles. The zero-order valence-corrected chi connectivity index (χ0v) is 11.3. The van der Waals surface area contributed by atoms with Crippen molar-refractivity contribution in [1.29, 1.82) is 0 Å². The summed E-state index contributed by atoms with van der Waals surface area (Å²) in [6, 6.07) is 7.10. The van der Waals surface area contributed by atoms with Gasteiger partial charge in [0, 0.05) is 12.2 Å². The van der Waals surface area contributed by atoms with Crippen LogP contribution in [0.1, 0.15) is 5.76 Å². The van der Waals surface area contributed by atoms with Crippen LogP contribution in [0.25, 0.3) is 5.69 Å². The first kappa shape index (κ1) is 13.6. The summed E-state index contributed by atoms with van der Waals surface area (Å²) in [6.45, 7) is 1.32. The number of hydrogen-bond acceptors (Lipinski definition) is 5. The maximum Gasteiger partial charge on any atom is 0.423 e. The van der Waals surface area contributed by atoms with Crippen molar-refractivity contribution in [2.75, 3.05) is 24.7 Å². The number of hydrogen-bond donors (Lipinski definition) is 1. The monoisotopic (exact) mass is 289 g/mol. The van der Waals surface area contributed by atoms with E-state index in [4.69, 9.17) is 14.9 Å². The minimum Gasteiger partial charge on any atom is -0.411 e. The predicted molar refractivity (Wildman–Crippen MR) is 75.4 cm³/mol. The van der Waals surface area contributed by atoms with Gasteiger partial charge in [0.05, 0.1) is 25.0 Å². The first-order chi connectivity index (χ1) is 10.2. The number of carbonyl (C=O) groups is 1. The average Bonchev–Trinajstić information content (AvgIpc) is 2.89. The lowest BCUT2D eigenvalue weighted by Crippen LogP contribution is -2.41. The van der Waals surface area contributed by atoms with E-state index in [2.05, 4.69) is 0 Å². The molecule has 1 aliphatic rings. The fraction of sp³-hybridized carbons (Fsp3) is 0.286. The van der Waals surface area contributed by atoms with Gasteiger partial charge in [0.15, 0.2) is 0 Å². The molecule has 21 heavy (non-hydrogen) atoms. The average molecular weight is 289 g/mol. The van der Waals surface area contributed by atoms with E-state index in [1.165, 1.54) is 4.57 Å². The molecule has 7 nitrogen and oxygen atoms in total. The molecule has 1 aliphatic heterocycles. The normalized spacial score (nSPS) is 15.5. The smallest absolute Gasteiger partial charge is 0.411 e. The third-order valence-corrected chi connectivity index (χ3v) is 3.31. The molecule has 0 spiro atoms. The van der Waals surface area contributed by atoms with Gasteiger partial charge in [-0.15, -0.1) is 0 Å². The maximum atomic E-state index is 11.8. The van der Waals surface area contributed by atoms with Crippen LogP contribution >= 0.6 is 0 Å². The molecule has 7 heteroatoms. The molecule has 0 radical (unpaired) electrons. The summed E-state index contributed by atoms with van der Waals surface area (Å²) in [4.78, 5) is 25.1. The second-order valence-corrected chi connectivity index (χ2v) is 4.65. The van der Waals surface area contributed by atoms with Gasteiger partial charge in [-0.2, -0.15) is 0 Å². The third kappa shape index (κ3) is 2.61. The molecule has 3 rings (SSSR count). The second-order valence-electron chi connectivity index (χ2n) is 4.65. The first-order valence-electron chi connectivity index (χ1n) is 6.59. The number of ether oxygens (including phenoxy) is 1. The summed E-state index contributed by atoms with van der Waals surface area (Å²) in [7, 11) is 0. The SMILES string of the molecule is NCc1cn(-c2ccc(N3CCOCC3=O)cc2)c(=O)o1. The Labute approximate surface area is 120 Å². The van der Waals surface area contributed by atoms with E-state index in [0.717, 1.165) is 5.69 Å². The van der Waals surface area contributed by atoms with Crippen molar-refractivity contribution in [1.82, 2.24) is 4.57 Å². The number of oxazole rings is 1. The molecule has 1 fully saturated rings. The highest BCUT2D eigenvalue weighted by atomic mass is 16.5. The molecule has 1 amide bonds. The van der Waals surface area contributed by atoms with Gasteiger partial charge in [-0.05, 0) is 24.3 Å². The Morgan fingerprint density at radius 2 is 1.86 bits per heavy atom. The molecular weight excluding hydrogens is 274 g/mol. The Bertz CT molecular complexity index is 702. The van der Waals surface area contributed by atoms with Gasteiger partial charge in [0.2, 0.25) is 0 Å². The molecule has 1 aromatic carbocycles. The van der Waals surface area contributed by atoms with Crippen LogP contribution in [0.3, 0.4) is 0 Å². The topological polar surface area (TPSA) is 90.7 Å². The van der Waals surface area contributed by atoms with Crippen molar-refractivity contribution in [3.05, 3.63) is 46.8 Å². The highest BCUT2D eigenvalue weighted by Crippen LogP contribution is 2.19. The lowest BCUT2D eigenvalue weighted by atomic mass is 10.2. The van der Waals surface area contributed by atoms with E-state index in [9.17, 15) is 9.59 Å². The van der Waals surface area contributed by atoms with Crippen molar-refractivity contribution >= 4 is 11.6 Å². The molecule has 1 aromatic heterocycles. The molecule has 0 saturated carbocycles. The summed E-state index contributed by atoms with van der Waals surface area (Å²) in [5.41, 5.74) is 6.89. The van der Waals surface area contributed by atoms with Crippen LogP contribution in [-0.4, -0.2) is 30.2 Å². The van der Waals surface area contributed by atoms with Crippen LogP contribution in [0, 0.1) is 0 Å². The van der Waals surface area contributed by atoms with E-state index in [1.807, 2.05) is 0 Å². The maximum absolute atomic E-state index is 11.8. The largest absolute Gasteiger partial charge is 0.423 e. The number of carbonyl (C=O) groups excluding carboxylic acids is 1. The molecule has 110 valence electrons. The minimum atomic E-state index is -0.481. The van der Waals surface area contributed by atoms with Gasteiger partial charge in [-0.3, -0.25) is 4.79 Å². The highest BCUT2D eigenvalue weighted by Gasteiger charge is 2.20. The van der Waals surface area contributed by atoms with Crippen LogP contribution in [0.4, 0.5) is 5.69 Å². The Morgan fingerprint density at radius 3 is 2.48 bits per heavy atom. The number of rotatable bonds is 3. The molecule has 2 heterocycles. The standard InChI is InChI=1S/C14H15N3O4/c15-7-12-8-17(14(19)21-12)11-3-1-10(2-4-11)16-5-6-20-9-13(16)18/h1-4,8H,5-7,9,15H2. The van der Waals surface area contributed by atoms with Gasteiger partial charge in [-0.1, -0.05) is 0 Å². The van der Waals surface area contributed by atoms with Gasteiger partial charge < -0.3 is 19.8 Å². The fourth-order valence-electron chi connectivity index (χ4n) is 2.24. The Hall–Kier alpha value is -2.38. The fourth-order valence-corrected chi connectivity index (χ4v) is 2.24. The third-order valence-electron chi connectivity index (χ3n) is 3.31. The molecule has 0 atom stereocenters. The second kappa shape index (κ2) is 5.55. The van der Waals surface area contributed by atoms with Crippen molar-refractivity contribution in [2.45, 2.75) is 6.54 Å². The van der Waals surface area contributed by atoms with E-state index in [1.54, 1.807) is 35.4 Å². The number of benzene rings is 1. The Morgan fingerprint density at radius 1 is 1.14 bits per heavy atom. The van der Waals surface area contributed by atoms with Crippen LogP contribution in [0.15, 0.2) is 39.7 Å². The van der Waals surface area contributed by atoms with E-state index >= 15 is 0 Å². The first-order valence-corrected chi connectivity index (χ1v) is 6.59. The van der Waals surface area contributed by atoms with Gasteiger partial charge in [0.25, 0.3) is 5.91 Å². The summed E-state index contributed by atoms with van der Waals surface area (Å²) in [5, 5.41) is 0. The lowest BCUT2D eigenvalue weighted by molar-refractivity contribution is -0.125. The zero-order chi connectivity index (χ0) is 14.8. The summed E-state index contributed by atoms with van der Waals surface area (Å²) < 4.78 is 11.5. The predicted octanol–water partition coefficient (Wildman–Crippen LogP) is 0.252. The molecule has 2 N–H and O–H groups in total. The quantitative estimate of drug-likeness (QED) is 0.874. The van der Waals surface area contributed by atoms with E-state index < -0.39 is 5.76 Å². The molecular formula is C14H15N3O4. The van der Waals surface area contributed by atoms with Crippen LogP contribution in [0.2, 0.25) is 0 Å². The van der Waals surface area contributed by atoms with Crippen molar-refractivity contribution in [2.24, 2.45) is 5.73 Å². The summed E-state index contributed by atoms with van der Waals surface area (Å²) in [5.74, 6) is -0.127. The van der Waals surface area contributed by atoms with Crippen LogP contribution in [0.5, 0.6) is 0 Å². The minimum absolute atomic E-state index is 0.0695. The van der Waals surface area contributed by atoms with E-state index in [0.29, 0.717) is 24.6 Å². The van der Waals surface area contributed by atoms with Crippen molar-refractivity contribution < 1.29 is 13.9 Å². The van der Waals surface area contributed by atoms with Crippen molar-refractivity contribution in [3.63, 3.8) is 0 Å². The number of nitrogens with two attached hydrogens (primary N) is 1. The number of morpholine rings is 1. The van der Waals surface area contributed by atoms with Crippen molar-refractivity contribution in [3.8, 4) is 5.69 Å². The summed E-state index contributed by atoms with van der Waals surface area (Å²) in [6.07, 6.45) is 1.57. The molecule has 0 unspecified atom stereocenters. The molecule has 0 aliphatic carbocycles. The lowest BCUT2D eigenvalue weighted by Gasteiger charge is -2.26. The number of anilines is 1. The number of amides is 1. The highest BCUT2D eigenvalue weighted by molar-refractivity contribution is 5.94. The Kier molecular flexibility index (Phi) is 3.59. The number of aromatic nitrogens is 1. The number of nitrogens with zero attached hydrogens (tertiary/aromatic N) is 2. The zero-order valence-electron chi connectivity index (χ0n) is 11.3.